The minimum absolute atomic E-state index is 0.272. The average Bonchev–Trinajstić information content (AvgIpc) is 2.49. The number of aromatic amines is 1. The summed E-state index contributed by atoms with van der Waals surface area (Å²) < 4.78 is 0. The Morgan fingerprint density at radius 3 is 2.62 bits per heavy atom. The molecule has 0 amide bonds. The second-order valence-electron chi connectivity index (χ2n) is 5.52. The van der Waals surface area contributed by atoms with Crippen LogP contribution >= 0.6 is 0 Å². The first-order chi connectivity index (χ1) is 10.2. The minimum atomic E-state index is -0.272. The Bertz CT molecular complexity index is 644. The molecule has 0 aliphatic carbocycles. The fraction of sp³-hybridized carbons (Fsp3) is 0.400. The van der Waals surface area contributed by atoms with E-state index in [1.54, 1.807) is 0 Å². The number of piperidine rings is 1. The SMILES string of the molecule is CC1CCN(c2ccc(Nc3nncc(=O)[nH]3)cc2)CC1. The zero-order chi connectivity index (χ0) is 14.7. The predicted octanol–water partition coefficient (Wildman–Crippen LogP) is 2.14. The number of benzene rings is 1. The van der Waals surface area contributed by atoms with E-state index in [1.807, 2.05) is 12.1 Å². The van der Waals surface area contributed by atoms with E-state index < -0.39 is 0 Å². The largest absolute Gasteiger partial charge is 0.372 e. The zero-order valence-corrected chi connectivity index (χ0v) is 12.0. The van der Waals surface area contributed by atoms with Crippen LogP contribution in [0.15, 0.2) is 35.3 Å². The highest BCUT2D eigenvalue weighted by molar-refractivity contribution is 5.59. The summed E-state index contributed by atoms with van der Waals surface area (Å²) in [5, 5.41) is 10.5. The summed E-state index contributed by atoms with van der Waals surface area (Å²) in [6, 6.07) is 8.15. The van der Waals surface area contributed by atoms with Gasteiger partial charge in [-0.05, 0) is 43.0 Å². The van der Waals surface area contributed by atoms with Crippen LogP contribution < -0.4 is 15.8 Å². The van der Waals surface area contributed by atoms with E-state index >= 15 is 0 Å². The van der Waals surface area contributed by atoms with E-state index in [2.05, 4.69) is 44.5 Å². The first-order valence-electron chi connectivity index (χ1n) is 7.25. The lowest BCUT2D eigenvalue weighted by molar-refractivity contribution is 0.438. The molecule has 0 unspecified atom stereocenters. The molecular formula is C15H19N5O. The molecule has 0 spiro atoms. The monoisotopic (exact) mass is 285 g/mol. The second kappa shape index (κ2) is 5.95. The van der Waals surface area contributed by atoms with Crippen molar-refractivity contribution >= 4 is 17.3 Å². The van der Waals surface area contributed by atoms with Crippen LogP contribution in [0.25, 0.3) is 0 Å². The Labute approximate surface area is 123 Å². The van der Waals surface area contributed by atoms with Gasteiger partial charge >= 0.3 is 0 Å². The number of rotatable bonds is 3. The molecule has 2 heterocycles. The van der Waals surface area contributed by atoms with Gasteiger partial charge in [0.1, 0.15) is 6.20 Å². The van der Waals surface area contributed by atoms with Gasteiger partial charge in [-0.25, -0.2) is 0 Å². The summed E-state index contributed by atoms with van der Waals surface area (Å²) in [6.07, 6.45) is 3.65. The molecular weight excluding hydrogens is 266 g/mol. The van der Waals surface area contributed by atoms with Crippen molar-refractivity contribution in [3.8, 4) is 0 Å². The fourth-order valence-corrected chi connectivity index (χ4v) is 2.53. The summed E-state index contributed by atoms with van der Waals surface area (Å²) in [4.78, 5) is 16.2. The highest BCUT2D eigenvalue weighted by atomic mass is 16.1. The third-order valence-corrected chi connectivity index (χ3v) is 3.85. The Kier molecular flexibility index (Phi) is 3.85. The second-order valence-corrected chi connectivity index (χ2v) is 5.52. The van der Waals surface area contributed by atoms with E-state index in [0.29, 0.717) is 5.95 Å². The van der Waals surface area contributed by atoms with E-state index in [-0.39, 0.29) is 5.56 Å². The number of hydrogen-bond donors (Lipinski definition) is 2. The standard InChI is InChI=1S/C15H19N5O/c1-11-6-8-20(9-7-11)13-4-2-12(3-5-13)17-15-18-14(21)10-16-19-15/h2-5,10-11H,6-9H2,1H3,(H2,17,18,19,21). The normalized spacial score (nSPS) is 16.0. The molecule has 0 radical (unpaired) electrons. The molecule has 2 aromatic rings. The molecule has 0 saturated carbocycles. The smallest absolute Gasteiger partial charge is 0.271 e. The van der Waals surface area contributed by atoms with Crippen LogP contribution in [-0.4, -0.2) is 28.3 Å². The molecule has 1 saturated heterocycles. The Morgan fingerprint density at radius 1 is 1.24 bits per heavy atom. The molecule has 1 aromatic heterocycles. The maximum Gasteiger partial charge on any atom is 0.271 e. The van der Waals surface area contributed by atoms with Gasteiger partial charge < -0.3 is 10.2 Å². The van der Waals surface area contributed by atoms with Crippen LogP contribution in [0, 0.1) is 5.92 Å². The minimum Gasteiger partial charge on any atom is -0.372 e. The number of anilines is 3. The van der Waals surface area contributed by atoms with Crippen LogP contribution in [0.2, 0.25) is 0 Å². The third kappa shape index (κ3) is 3.39. The quantitative estimate of drug-likeness (QED) is 0.904. The van der Waals surface area contributed by atoms with Crippen LogP contribution in [0.1, 0.15) is 19.8 Å². The lowest BCUT2D eigenvalue weighted by atomic mass is 9.99. The lowest BCUT2D eigenvalue weighted by Crippen LogP contribution is -2.32. The highest BCUT2D eigenvalue weighted by Crippen LogP contribution is 2.24. The van der Waals surface area contributed by atoms with Gasteiger partial charge in [-0.2, -0.15) is 0 Å². The molecule has 1 aliphatic rings. The topological polar surface area (TPSA) is 73.9 Å². The van der Waals surface area contributed by atoms with Gasteiger partial charge in [0.05, 0.1) is 0 Å². The Balaban J connectivity index is 1.68. The molecule has 1 fully saturated rings. The number of nitrogens with zero attached hydrogens (tertiary/aromatic N) is 3. The maximum atomic E-state index is 11.2. The van der Waals surface area contributed by atoms with Gasteiger partial charge in [-0.1, -0.05) is 6.92 Å². The van der Waals surface area contributed by atoms with E-state index in [0.717, 1.165) is 30.9 Å². The van der Waals surface area contributed by atoms with E-state index in [9.17, 15) is 4.79 Å². The van der Waals surface area contributed by atoms with Gasteiger partial charge in [-0.3, -0.25) is 9.78 Å². The molecule has 1 aliphatic heterocycles. The molecule has 0 atom stereocenters. The van der Waals surface area contributed by atoms with Crippen LogP contribution in [0.5, 0.6) is 0 Å². The first-order valence-corrected chi connectivity index (χ1v) is 7.25. The number of nitrogens with one attached hydrogen (secondary N) is 2. The zero-order valence-electron chi connectivity index (χ0n) is 12.0. The van der Waals surface area contributed by atoms with Gasteiger partial charge in [0.15, 0.2) is 0 Å². The third-order valence-electron chi connectivity index (χ3n) is 3.85. The molecule has 0 bridgehead atoms. The van der Waals surface area contributed by atoms with Crippen LogP contribution in [0.4, 0.5) is 17.3 Å². The Morgan fingerprint density at radius 2 is 1.95 bits per heavy atom. The van der Waals surface area contributed by atoms with Crippen LogP contribution in [-0.2, 0) is 0 Å². The summed E-state index contributed by atoms with van der Waals surface area (Å²) in [5.74, 6) is 1.18. The van der Waals surface area contributed by atoms with Gasteiger partial charge in [-0.15, -0.1) is 10.2 Å². The summed E-state index contributed by atoms with van der Waals surface area (Å²) in [6.45, 7) is 4.54. The van der Waals surface area contributed by atoms with Gasteiger partial charge in [0.2, 0.25) is 5.95 Å². The van der Waals surface area contributed by atoms with E-state index in [4.69, 9.17) is 0 Å². The highest BCUT2D eigenvalue weighted by Gasteiger charge is 2.15. The lowest BCUT2D eigenvalue weighted by Gasteiger charge is -2.32. The fourth-order valence-electron chi connectivity index (χ4n) is 2.53. The van der Waals surface area contributed by atoms with Crippen molar-refractivity contribution in [2.75, 3.05) is 23.3 Å². The van der Waals surface area contributed by atoms with Gasteiger partial charge in [0.25, 0.3) is 5.56 Å². The first kappa shape index (κ1) is 13.6. The summed E-state index contributed by atoms with van der Waals surface area (Å²) >= 11 is 0. The van der Waals surface area contributed by atoms with Crippen molar-refractivity contribution in [3.63, 3.8) is 0 Å². The molecule has 6 heteroatoms. The summed E-state index contributed by atoms with van der Waals surface area (Å²) in [7, 11) is 0. The van der Waals surface area contributed by atoms with Crippen LogP contribution in [0.3, 0.4) is 0 Å². The number of aromatic nitrogens is 3. The van der Waals surface area contributed by atoms with Crippen molar-refractivity contribution in [3.05, 3.63) is 40.8 Å². The van der Waals surface area contributed by atoms with Crippen molar-refractivity contribution < 1.29 is 0 Å². The average molecular weight is 285 g/mol. The molecule has 3 rings (SSSR count). The van der Waals surface area contributed by atoms with Crippen molar-refractivity contribution in [2.24, 2.45) is 5.92 Å². The van der Waals surface area contributed by atoms with E-state index in [1.165, 1.54) is 18.5 Å². The molecule has 6 nitrogen and oxygen atoms in total. The Hall–Kier alpha value is -2.37. The molecule has 110 valence electrons. The van der Waals surface area contributed by atoms with Crippen molar-refractivity contribution in [1.82, 2.24) is 15.2 Å². The molecule has 21 heavy (non-hydrogen) atoms. The molecule has 1 aromatic carbocycles. The van der Waals surface area contributed by atoms with Crippen molar-refractivity contribution in [2.45, 2.75) is 19.8 Å². The summed E-state index contributed by atoms with van der Waals surface area (Å²) in [5.41, 5.74) is 1.84. The number of H-pyrrole nitrogens is 1. The molecule has 2 N–H and O–H groups in total. The van der Waals surface area contributed by atoms with Crippen molar-refractivity contribution in [1.29, 1.82) is 0 Å². The van der Waals surface area contributed by atoms with Gasteiger partial charge in [0, 0.05) is 24.5 Å². The maximum absolute atomic E-state index is 11.2. The number of hydrogen-bond acceptors (Lipinski definition) is 5. The predicted molar refractivity (Wildman–Crippen MR) is 83.0 cm³/mol.